The molecule has 0 heterocycles. The van der Waals surface area contributed by atoms with Crippen LogP contribution in [0.15, 0.2) is 18.2 Å². The average Bonchev–Trinajstić information content (AvgIpc) is 2.41. The Hall–Kier alpha value is -1.12. The van der Waals surface area contributed by atoms with Crippen molar-refractivity contribution in [2.45, 2.75) is 58.3 Å². The second kappa shape index (κ2) is 9.76. The summed E-state index contributed by atoms with van der Waals surface area (Å²) < 4.78 is 25.7. The van der Waals surface area contributed by atoms with Gasteiger partial charge in [-0.25, -0.2) is 8.78 Å². The van der Waals surface area contributed by atoms with Gasteiger partial charge in [-0.05, 0) is 24.6 Å². The van der Waals surface area contributed by atoms with Crippen LogP contribution in [0.3, 0.4) is 0 Å². The molecule has 0 bridgehead atoms. The molecule has 1 nitrogen and oxygen atoms in total. The fourth-order valence-corrected chi connectivity index (χ4v) is 2.10. The van der Waals surface area contributed by atoms with Gasteiger partial charge in [0.25, 0.3) is 0 Å². The summed E-state index contributed by atoms with van der Waals surface area (Å²) in [5, 5.41) is 3.12. The topological polar surface area (TPSA) is 12.0 Å². The molecular formula is C16H25F2N. The Kier molecular flexibility index (Phi) is 8.19. The molecule has 0 amide bonds. The zero-order valence-corrected chi connectivity index (χ0v) is 11.9. The largest absolute Gasteiger partial charge is 0.385 e. The van der Waals surface area contributed by atoms with Gasteiger partial charge >= 0.3 is 0 Å². The fourth-order valence-electron chi connectivity index (χ4n) is 2.10. The molecule has 0 aromatic heterocycles. The van der Waals surface area contributed by atoms with Crippen LogP contribution in [-0.4, -0.2) is 6.54 Å². The Morgan fingerprint density at radius 2 is 1.47 bits per heavy atom. The second-order valence-corrected chi connectivity index (χ2v) is 5.03. The quantitative estimate of drug-likeness (QED) is 0.552. The maximum absolute atomic E-state index is 12.9. The number of nitrogens with one attached hydrogen (secondary N) is 1. The maximum atomic E-state index is 12.9. The van der Waals surface area contributed by atoms with Gasteiger partial charge in [-0.3, -0.25) is 0 Å². The lowest BCUT2D eigenvalue weighted by Gasteiger charge is -2.06. The molecule has 0 aliphatic heterocycles. The van der Waals surface area contributed by atoms with Crippen LogP contribution in [0.5, 0.6) is 0 Å². The van der Waals surface area contributed by atoms with E-state index in [4.69, 9.17) is 0 Å². The molecule has 0 spiro atoms. The zero-order chi connectivity index (χ0) is 13.9. The summed E-state index contributed by atoms with van der Waals surface area (Å²) in [6, 6.07) is 3.94. The van der Waals surface area contributed by atoms with E-state index in [0.717, 1.165) is 19.0 Å². The third-order valence-electron chi connectivity index (χ3n) is 3.28. The Morgan fingerprint density at radius 1 is 0.842 bits per heavy atom. The van der Waals surface area contributed by atoms with E-state index in [1.165, 1.54) is 51.0 Å². The summed E-state index contributed by atoms with van der Waals surface area (Å²) in [7, 11) is 0. The highest BCUT2D eigenvalue weighted by Gasteiger charge is 2.01. The van der Waals surface area contributed by atoms with E-state index in [1.54, 1.807) is 6.07 Å². The van der Waals surface area contributed by atoms with E-state index in [2.05, 4.69) is 12.2 Å². The van der Waals surface area contributed by atoms with Gasteiger partial charge in [-0.2, -0.15) is 0 Å². The third kappa shape index (κ3) is 7.14. The molecule has 0 saturated carbocycles. The van der Waals surface area contributed by atoms with E-state index in [9.17, 15) is 8.78 Å². The zero-order valence-electron chi connectivity index (χ0n) is 11.9. The average molecular weight is 269 g/mol. The lowest BCUT2D eigenvalue weighted by molar-refractivity contribution is 0.509. The Morgan fingerprint density at radius 3 is 2.11 bits per heavy atom. The van der Waals surface area contributed by atoms with Gasteiger partial charge in [0.1, 0.15) is 0 Å². The summed E-state index contributed by atoms with van der Waals surface area (Å²) in [6.45, 7) is 3.05. The molecular weight excluding hydrogens is 244 g/mol. The fraction of sp³-hybridized carbons (Fsp3) is 0.625. The minimum atomic E-state index is -0.794. The van der Waals surface area contributed by atoms with E-state index < -0.39 is 11.6 Å². The minimum Gasteiger partial charge on any atom is -0.385 e. The highest BCUT2D eigenvalue weighted by Crippen LogP contribution is 2.13. The molecule has 0 aliphatic rings. The van der Waals surface area contributed by atoms with Crippen LogP contribution in [0.1, 0.15) is 58.3 Å². The van der Waals surface area contributed by atoms with E-state index in [1.807, 2.05) is 0 Å². The first-order valence-corrected chi connectivity index (χ1v) is 7.43. The molecule has 0 unspecified atom stereocenters. The van der Waals surface area contributed by atoms with Crippen molar-refractivity contribution in [3.8, 4) is 0 Å². The van der Waals surface area contributed by atoms with Gasteiger partial charge in [0.15, 0.2) is 11.6 Å². The highest BCUT2D eigenvalue weighted by atomic mass is 19.2. The Bertz CT molecular complexity index is 353. The van der Waals surface area contributed by atoms with Gasteiger partial charge in [0, 0.05) is 12.2 Å². The maximum Gasteiger partial charge on any atom is 0.160 e. The van der Waals surface area contributed by atoms with Crippen molar-refractivity contribution in [1.29, 1.82) is 0 Å². The number of halogens is 2. The molecule has 108 valence electrons. The van der Waals surface area contributed by atoms with Crippen molar-refractivity contribution in [2.24, 2.45) is 0 Å². The van der Waals surface area contributed by atoms with Crippen molar-refractivity contribution in [2.75, 3.05) is 11.9 Å². The molecule has 0 aliphatic carbocycles. The SMILES string of the molecule is CCCCCCCCCCNc1ccc(F)c(F)c1. The van der Waals surface area contributed by atoms with Crippen molar-refractivity contribution >= 4 is 5.69 Å². The van der Waals surface area contributed by atoms with Crippen molar-refractivity contribution in [3.63, 3.8) is 0 Å². The number of anilines is 1. The van der Waals surface area contributed by atoms with E-state index in [0.29, 0.717) is 5.69 Å². The molecule has 19 heavy (non-hydrogen) atoms. The monoisotopic (exact) mass is 269 g/mol. The predicted octanol–water partition coefficient (Wildman–Crippen LogP) is 5.52. The molecule has 1 N–H and O–H groups in total. The van der Waals surface area contributed by atoms with Crippen LogP contribution >= 0.6 is 0 Å². The number of hydrogen-bond donors (Lipinski definition) is 1. The number of benzene rings is 1. The first-order valence-electron chi connectivity index (χ1n) is 7.43. The number of unbranched alkanes of at least 4 members (excludes halogenated alkanes) is 7. The normalized spacial score (nSPS) is 10.7. The van der Waals surface area contributed by atoms with Crippen molar-refractivity contribution < 1.29 is 8.78 Å². The lowest BCUT2D eigenvalue weighted by atomic mass is 10.1. The summed E-state index contributed by atoms with van der Waals surface area (Å²) in [6.07, 6.45) is 10.2. The van der Waals surface area contributed by atoms with Crippen LogP contribution in [-0.2, 0) is 0 Å². The van der Waals surface area contributed by atoms with Crippen LogP contribution in [0, 0.1) is 11.6 Å². The van der Waals surface area contributed by atoms with Gasteiger partial charge < -0.3 is 5.32 Å². The smallest absolute Gasteiger partial charge is 0.160 e. The summed E-state index contributed by atoms with van der Waals surface area (Å²) >= 11 is 0. The van der Waals surface area contributed by atoms with Gasteiger partial charge in [-0.15, -0.1) is 0 Å². The number of rotatable bonds is 10. The van der Waals surface area contributed by atoms with Crippen LogP contribution in [0.25, 0.3) is 0 Å². The molecule has 1 aromatic rings. The standard InChI is InChI=1S/C16H25F2N/c1-2-3-4-5-6-7-8-9-12-19-14-10-11-15(17)16(18)13-14/h10-11,13,19H,2-9,12H2,1H3. The molecule has 1 aromatic carbocycles. The van der Waals surface area contributed by atoms with Gasteiger partial charge in [0.05, 0.1) is 0 Å². The van der Waals surface area contributed by atoms with Gasteiger partial charge in [-0.1, -0.05) is 51.9 Å². The van der Waals surface area contributed by atoms with Crippen molar-refractivity contribution in [3.05, 3.63) is 29.8 Å². The Labute approximate surface area is 115 Å². The highest BCUT2D eigenvalue weighted by molar-refractivity contribution is 5.43. The molecule has 0 atom stereocenters. The first kappa shape index (κ1) is 15.9. The summed E-state index contributed by atoms with van der Waals surface area (Å²) in [5.74, 6) is -1.58. The van der Waals surface area contributed by atoms with E-state index in [-0.39, 0.29) is 0 Å². The number of hydrogen-bond acceptors (Lipinski definition) is 1. The van der Waals surface area contributed by atoms with Crippen molar-refractivity contribution in [1.82, 2.24) is 0 Å². The van der Waals surface area contributed by atoms with Crippen LogP contribution in [0.2, 0.25) is 0 Å². The predicted molar refractivity (Wildman–Crippen MR) is 77.5 cm³/mol. The van der Waals surface area contributed by atoms with Gasteiger partial charge in [0.2, 0.25) is 0 Å². The van der Waals surface area contributed by atoms with E-state index >= 15 is 0 Å². The summed E-state index contributed by atoms with van der Waals surface area (Å²) in [4.78, 5) is 0. The second-order valence-electron chi connectivity index (χ2n) is 5.03. The first-order chi connectivity index (χ1) is 9.24. The third-order valence-corrected chi connectivity index (χ3v) is 3.28. The molecule has 0 radical (unpaired) electrons. The molecule has 1 rings (SSSR count). The van der Waals surface area contributed by atoms with Crippen LogP contribution < -0.4 is 5.32 Å². The Balaban J connectivity index is 2.00. The molecule has 0 fully saturated rings. The summed E-state index contributed by atoms with van der Waals surface area (Å²) in [5.41, 5.74) is 0.654. The van der Waals surface area contributed by atoms with Crippen LogP contribution in [0.4, 0.5) is 14.5 Å². The minimum absolute atomic E-state index is 0.654. The lowest BCUT2D eigenvalue weighted by Crippen LogP contribution is -2.02. The molecule has 3 heteroatoms. The molecule has 0 saturated heterocycles.